The number of nitrogens with one attached hydrogen (secondary N) is 1. The van der Waals surface area contributed by atoms with E-state index in [0.29, 0.717) is 5.69 Å². The first-order valence-electron chi connectivity index (χ1n) is 9.22. The van der Waals surface area contributed by atoms with E-state index in [1.165, 1.54) is 25.1 Å². The Morgan fingerprint density at radius 3 is 2.41 bits per heavy atom. The maximum absolute atomic E-state index is 13.2. The van der Waals surface area contributed by atoms with Crippen molar-refractivity contribution in [2.45, 2.75) is 25.9 Å². The lowest BCUT2D eigenvalue weighted by Gasteiger charge is -2.17. The Hall–Kier alpha value is -3.41. The van der Waals surface area contributed by atoms with Crippen LogP contribution in [0.5, 0.6) is 5.75 Å². The Bertz CT molecular complexity index is 1050. The molecular formula is C23H22FNO4. The second-order valence-electron chi connectivity index (χ2n) is 6.77. The Labute approximate surface area is 168 Å². The standard InChI is InChI=1S/C23H22FNO4/c1-14(16-7-8-18-12-21(28-3)10-9-17(18)11-16)23(27)29-15(2)22(26)25-20-6-4-5-19(24)13-20/h4-15H,1-3H3,(H,25,26)/t14-,15+/m0/s1. The molecule has 1 amide bonds. The highest BCUT2D eigenvalue weighted by Gasteiger charge is 2.23. The van der Waals surface area contributed by atoms with Gasteiger partial charge in [0, 0.05) is 5.69 Å². The van der Waals surface area contributed by atoms with Gasteiger partial charge >= 0.3 is 5.97 Å². The van der Waals surface area contributed by atoms with E-state index in [9.17, 15) is 14.0 Å². The van der Waals surface area contributed by atoms with Crippen molar-refractivity contribution in [3.63, 3.8) is 0 Å². The summed E-state index contributed by atoms with van der Waals surface area (Å²) in [6, 6.07) is 16.9. The molecule has 0 spiro atoms. The summed E-state index contributed by atoms with van der Waals surface area (Å²) in [5, 5.41) is 4.50. The smallest absolute Gasteiger partial charge is 0.313 e. The number of fused-ring (bicyclic) bond motifs is 1. The van der Waals surface area contributed by atoms with Crippen LogP contribution < -0.4 is 10.1 Å². The number of carbonyl (C=O) groups is 2. The molecule has 3 aromatic rings. The molecule has 1 N–H and O–H groups in total. The highest BCUT2D eigenvalue weighted by atomic mass is 19.1. The van der Waals surface area contributed by atoms with Crippen LogP contribution in [0.1, 0.15) is 25.3 Å². The molecule has 0 bridgehead atoms. The van der Waals surface area contributed by atoms with Crippen LogP contribution >= 0.6 is 0 Å². The summed E-state index contributed by atoms with van der Waals surface area (Å²) in [6.45, 7) is 3.20. The van der Waals surface area contributed by atoms with Crippen molar-refractivity contribution in [1.29, 1.82) is 0 Å². The fraction of sp³-hybridized carbons (Fsp3) is 0.217. The number of rotatable bonds is 6. The minimum Gasteiger partial charge on any atom is -0.497 e. The van der Waals surface area contributed by atoms with E-state index >= 15 is 0 Å². The first kappa shape index (κ1) is 20.3. The van der Waals surface area contributed by atoms with Crippen molar-refractivity contribution in [2.24, 2.45) is 0 Å². The van der Waals surface area contributed by atoms with Crippen LogP contribution in [0.25, 0.3) is 10.8 Å². The van der Waals surface area contributed by atoms with Crippen LogP contribution in [0.3, 0.4) is 0 Å². The molecule has 0 heterocycles. The molecule has 3 rings (SSSR count). The SMILES string of the molecule is COc1ccc2cc([C@H](C)C(=O)O[C@H](C)C(=O)Nc3cccc(F)c3)ccc2c1. The van der Waals surface area contributed by atoms with Gasteiger partial charge in [0.1, 0.15) is 11.6 Å². The lowest BCUT2D eigenvalue weighted by atomic mass is 9.98. The fourth-order valence-corrected chi connectivity index (χ4v) is 2.91. The molecule has 29 heavy (non-hydrogen) atoms. The van der Waals surface area contributed by atoms with Crippen LogP contribution in [0.15, 0.2) is 60.7 Å². The highest BCUT2D eigenvalue weighted by Crippen LogP contribution is 2.26. The lowest BCUT2D eigenvalue weighted by Crippen LogP contribution is -2.31. The van der Waals surface area contributed by atoms with Gasteiger partial charge < -0.3 is 14.8 Å². The van der Waals surface area contributed by atoms with Crippen molar-refractivity contribution < 1.29 is 23.5 Å². The predicted octanol–water partition coefficient (Wildman–Crippen LogP) is 4.66. The zero-order valence-electron chi connectivity index (χ0n) is 16.4. The van der Waals surface area contributed by atoms with Gasteiger partial charge in [-0.15, -0.1) is 0 Å². The number of amides is 1. The average molecular weight is 395 g/mol. The molecule has 0 saturated heterocycles. The maximum Gasteiger partial charge on any atom is 0.313 e. The van der Waals surface area contributed by atoms with E-state index in [1.807, 2.05) is 36.4 Å². The van der Waals surface area contributed by atoms with E-state index in [0.717, 1.165) is 22.1 Å². The van der Waals surface area contributed by atoms with Crippen LogP contribution in [0.2, 0.25) is 0 Å². The Morgan fingerprint density at radius 1 is 0.966 bits per heavy atom. The number of anilines is 1. The topological polar surface area (TPSA) is 64.6 Å². The fourth-order valence-electron chi connectivity index (χ4n) is 2.91. The summed E-state index contributed by atoms with van der Waals surface area (Å²) >= 11 is 0. The molecule has 0 aliphatic rings. The third-order valence-corrected chi connectivity index (χ3v) is 4.68. The number of carbonyl (C=O) groups excluding carboxylic acids is 2. The number of ether oxygens (including phenoxy) is 2. The molecule has 0 aromatic heterocycles. The molecule has 0 radical (unpaired) electrons. The van der Waals surface area contributed by atoms with E-state index in [4.69, 9.17) is 9.47 Å². The summed E-state index contributed by atoms with van der Waals surface area (Å²) in [4.78, 5) is 24.8. The third-order valence-electron chi connectivity index (χ3n) is 4.68. The van der Waals surface area contributed by atoms with Gasteiger partial charge in [-0.25, -0.2) is 4.39 Å². The monoisotopic (exact) mass is 395 g/mol. The minimum atomic E-state index is -1.02. The molecule has 150 valence electrons. The van der Waals surface area contributed by atoms with Crippen molar-refractivity contribution >= 4 is 28.3 Å². The summed E-state index contributed by atoms with van der Waals surface area (Å²) in [5.41, 5.74) is 1.08. The number of hydrogen-bond acceptors (Lipinski definition) is 4. The van der Waals surface area contributed by atoms with E-state index < -0.39 is 29.7 Å². The Balaban J connectivity index is 1.66. The van der Waals surface area contributed by atoms with Gasteiger partial charge in [0.15, 0.2) is 6.10 Å². The minimum absolute atomic E-state index is 0.302. The average Bonchev–Trinajstić information content (AvgIpc) is 2.72. The van der Waals surface area contributed by atoms with Crippen LogP contribution in [0.4, 0.5) is 10.1 Å². The molecule has 3 aromatic carbocycles. The molecule has 0 aliphatic carbocycles. The second kappa shape index (κ2) is 8.73. The molecule has 0 saturated carbocycles. The van der Waals surface area contributed by atoms with Crippen molar-refractivity contribution in [2.75, 3.05) is 12.4 Å². The Morgan fingerprint density at radius 2 is 1.69 bits per heavy atom. The maximum atomic E-state index is 13.2. The third kappa shape index (κ3) is 4.90. The van der Waals surface area contributed by atoms with Gasteiger partial charge in [-0.1, -0.05) is 30.3 Å². The van der Waals surface area contributed by atoms with Gasteiger partial charge in [0.05, 0.1) is 13.0 Å². The van der Waals surface area contributed by atoms with Crippen LogP contribution in [0, 0.1) is 5.82 Å². The highest BCUT2D eigenvalue weighted by molar-refractivity contribution is 5.95. The molecule has 2 atom stereocenters. The summed E-state index contributed by atoms with van der Waals surface area (Å²) in [7, 11) is 1.61. The number of hydrogen-bond donors (Lipinski definition) is 1. The summed E-state index contributed by atoms with van der Waals surface area (Å²) < 4.78 is 23.8. The van der Waals surface area contributed by atoms with Crippen molar-refractivity contribution in [1.82, 2.24) is 0 Å². The molecule has 0 fully saturated rings. The lowest BCUT2D eigenvalue weighted by molar-refractivity contribution is -0.154. The molecule has 5 nitrogen and oxygen atoms in total. The molecular weight excluding hydrogens is 373 g/mol. The predicted molar refractivity (Wildman–Crippen MR) is 109 cm³/mol. The van der Waals surface area contributed by atoms with Gasteiger partial charge in [-0.2, -0.15) is 0 Å². The largest absolute Gasteiger partial charge is 0.497 e. The molecule has 0 unspecified atom stereocenters. The van der Waals surface area contributed by atoms with Gasteiger partial charge in [-0.3, -0.25) is 9.59 Å². The Kier molecular flexibility index (Phi) is 6.12. The van der Waals surface area contributed by atoms with E-state index in [2.05, 4.69) is 5.32 Å². The van der Waals surface area contributed by atoms with E-state index in [1.54, 1.807) is 20.1 Å². The van der Waals surface area contributed by atoms with Gasteiger partial charge in [-0.05, 0) is 60.5 Å². The molecule has 6 heteroatoms. The van der Waals surface area contributed by atoms with Crippen molar-refractivity contribution in [3.8, 4) is 5.75 Å². The number of benzene rings is 3. The summed E-state index contributed by atoms with van der Waals surface area (Å²) in [6.07, 6.45) is -1.02. The number of halogens is 1. The summed E-state index contributed by atoms with van der Waals surface area (Å²) in [5.74, 6) is -1.29. The molecule has 0 aliphatic heterocycles. The number of esters is 1. The quantitative estimate of drug-likeness (QED) is 0.617. The van der Waals surface area contributed by atoms with Gasteiger partial charge in [0.2, 0.25) is 0 Å². The van der Waals surface area contributed by atoms with Crippen LogP contribution in [-0.2, 0) is 14.3 Å². The van der Waals surface area contributed by atoms with E-state index in [-0.39, 0.29) is 0 Å². The zero-order chi connectivity index (χ0) is 21.0. The van der Waals surface area contributed by atoms with Crippen molar-refractivity contribution in [3.05, 3.63) is 72.0 Å². The second-order valence-corrected chi connectivity index (χ2v) is 6.77. The number of methoxy groups -OCH3 is 1. The first-order valence-corrected chi connectivity index (χ1v) is 9.22. The normalized spacial score (nSPS) is 12.8. The van der Waals surface area contributed by atoms with Crippen LogP contribution in [-0.4, -0.2) is 25.1 Å². The van der Waals surface area contributed by atoms with Gasteiger partial charge in [0.25, 0.3) is 5.91 Å². The zero-order valence-corrected chi connectivity index (χ0v) is 16.4. The first-order chi connectivity index (χ1) is 13.9.